The Morgan fingerprint density at radius 2 is 1.60 bits per heavy atom. The van der Waals surface area contributed by atoms with Crippen molar-refractivity contribution in [2.24, 2.45) is 5.92 Å². The van der Waals surface area contributed by atoms with Crippen LogP contribution < -0.4 is 0 Å². The number of amides is 1. The van der Waals surface area contributed by atoms with Gasteiger partial charge in [0.05, 0.1) is 58.2 Å². The maximum absolute atomic E-state index is 13.5. The van der Waals surface area contributed by atoms with Crippen LogP contribution in [0.4, 0.5) is 31.1 Å². The highest BCUT2D eigenvalue weighted by Gasteiger charge is 2.43. The van der Waals surface area contributed by atoms with Gasteiger partial charge >= 0.3 is 18.4 Å². The number of aromatic nitrogens is 3. The van der Waals surface area contributed by atoms with Crippen molar-refractivity contribution in [2.75, 3.05) is 0 Å². The number of alkyl halides is 6. The van der Waals surface area contributed by atoms with E-state index in [1.807, 2.05) is 0 Å². The van der Waals surface area contributed by atoms with E-state index in [9.17, 15) is 31.1 Å². The van der Waals surface area contributed by atoms with E-state index in [0.29, 0.717) is 58.6 Å². The number of hydrogen-bond donors (Lipinski definition) is 0. The second kappa shape index (κ2) is 11.2. The molecule has 13 heteroatoms. The van der Waals surface area contributed by atoms with Gasteiger partial charge in [-0.25, -0.2) is 9.78 Å². The molecule has 2 aromatic heterocycles. The van der Waals surface area contributed by atoms with Gasteiger partial charge in [0.2, 0.25) is 0 Å². The molecule has 7 nitrogen and oxygen atoms in total. The summed E-state index contributed by atoms with van der Waals surface area (Å²) in [5, 5.41) is 3.97. The molecular formula is C29H30F6N4O3. The largest absolute Gasteiger partial charge is 0.439 e. The Labute approximate surface area is 238 Å². The lowest BCUT2D eigenvalue weighted by Gasteiger charge is -2.25. The Morgan fingerprint density at radius 3 is 2.17 bits per heavy atom. The van der Waals surface area contributed by atoms with Gasteiger partial charge in [0.25, 0.3) is 0 Å². The number of aryl methyl sites for hydroxylation is 2. The third-order valence-corrected chi connectivity index (χ3v) is 8.08. The molecule has 2 atom stereocenters. The number of benzene rings is 1. The number of carbonyl (C=O) groups is 1. The lowest BCUT2D eigenvalue weighted by atomic mass is 9.85. The predicted octanol–water partition coefficient (Wildman–Crippen LogP) is 7.99. The molecule has 1 unspecified atom stereocenters. The molecule has 0 bridgehead atoms. The highest BCUT2D eigenvalue weighted by Crippen LogP contribution is 2.41. The van der Waals surface area contributed by atoms with Crippen molar-refractivity contribution in [3.8, 4) is 11.3 Å². The fraction of sp³-hybridized carbons (Fsp3) is 0.517. The van der Waals surface area contributed by atoms with E-state index in [1.165, 1.54) is 18.2 Å². The van der Waals surface area contributed by atoms with Crippen LogP contribution in [0.5, 0.6) is 0 Å². The Bertz CT molecular complexity index is 1410. The van der Waals surface area contributed by atoms with Gasteiger partial charge in [-0.3, -0.25) is 9.88 Å². The van der Waals surface area contributed by atoms with Crippen LogP contribution in [0.15, 0.2) is 28.9 Å². The van der Waals surface area contributed by atoms with E-state index in [0.717, 1.165) is 25.7 Å². The van der Waals surface area contributed by atoms with Crippen LogP contribution in [0, 0.1) is 19.8 Å². The van der Waals surface area contributed by atoms with Crippen LogP contribution in [-0.2, 0) is 30.1 Å². The third-order valence-electron chi connectivity index (χ3n) is 8.08. The molecule has 5 rings (SSSR count). The lowest BCUT2D eigenvalue weighted by molar-refractivity contribution is -0.143. The molecule has 1 amide bonds. The fourth-order valence-corrected chi connectivity index (χ4v) is 5.85. The van der Waals surface area contributed by atoms with Crippen molar-refractivity contribution in [3.05, 3.63) is 63.9 Å². The molecule has 226 valence electrons. The van der Waals surface area contributed by atoms with Crippen molar-refractivity contribution in [3.63, 3.8) is 0 Å². The van der Waals surface area contributed by atoms with Gasteiger partial charge in [-0.05, 0) is 56.9 Å². The summed E-state index contributed by atoms with van der Waals surface area (Å²) in [7, 11) is 0. The van der Waals surface area contributed by atoms with Crippen molar-refractivity contribution in [2.45, 2.75) is 90.3 Å². The minimum Gasteiger partial charge on any atom is -0.439 e. The van der Waals surface area contributed by atoms with Crippen LogP contribution >= 0.6 is 0 Å². The monoisotopic (exact) mass is 596 g/mol. The summed E-state index contributed by atoms with van der Waals surface area (Å²) in [6, 6.07) is 0.351. The third kappa shape index (κ3) is 6.10. The zero-order valence-corrected chi connectivity index (χ0v) is 23.3. The minimum absolute atomic E-state index is 0.0516. The molecule has 1 aliphatic carbocycles. The Kier molecular flexibility index (Phi) is 7.97. The highest BCUT2D eigenvalue weighted by atomic mass is 19.4. The molecule has 0 N–H and O–H groups in total. The molecule has 2 fully saturated rings. The molecule has 2 aliphatic rings. The first-order valence-corrected chi connectivity index (χ1v) is 13.8. The normalized spacial score (nSPS) is 20.3. The van der Waals surface area contributed by atoms with E-state index in [4.69, 9.17) is 19.2 Å². The molecule has 1 saturated heterocycles. The van der Waals surface area contributed by atoms with E-state index in [-0.39, 0.29) is 12.6 Å². The molecule has 1 aromatic carbocycles. The molecule has 1 saturated carbocycles. The van der Waals surface area contributed by atoms with Crippen molar-refractivity contribution in [1.82, 2.24) is 20.0 Å². The summed E-state index contributed by atoms with van der Waals surface area (Å²) in [5.74, 6) is 0.921. The summed E-state index contributed by atoms with van der Waals surface area (Å²) in [6.45, 7) is 4.93. The zero-order valence-electron chi connectivity index (χ0n) is 23.3. The molecule has 3 heterocycles. The summed E-state index contributed by atoms with van der Waals surface area (Å²) in [4.78, 5) is 23.8. The van der Waals surface area contributed by atoms with Gasteiger partial charge < -0.3 is 9.26 Å². The van der Waals surface area contributed by atoms with Crippen LogP contribution in [-0.4, -0.2) is 32.2 Å². The first-order valence-electron chi connectivity index (χ1n) is 13.8. The average molecular weight is 597 g/mol. The Balaban J connectivity index is 1.49. The second-order valence-electron chi connectivity index (χ2n) is 11.1. The number of hydrogen-bond acceptors (Lipinski definition) is 6. The molecule has 42 heavy (non-hydrogen) atoms. The van der Waals surface area contributed by atoms with Gasteiger partial charge in [-0.2, -0.15) is 26.3 Å². The molecule has 1 aliphatic heterocycles. The first kappa shape index (κ1) is 29.8. The van der Waals surface area contributed by atoms with E-state index < -0.39 is 47.3 Å². The number of rotatable bonds is 6. The van der Waals surface area contributed by atoms with Crippen LogP contribution in [0.2, 0.25) is 0 Å². The van der Waals surface area contributed by atoms with E-state index in [2.05, 4.69) is 5.16 Å². The Hall–Kier alpha value is -3.64. The van der Waals surface area contributed by atoms with Crippen LogP contribution in [0.25, 0.3) is 11.3 Å². The number of carbonyl (C=O) groups excluding carboxylic acids is 1. The van der Waals surface area contributed by atoms with Crippen molar-refractivity contribution >= 4 is 6.09 Å². The van der Waals surface area contributed by atoms with Gasteiger partial charge in [-0.15, -0.1) is 0 Å². The minimum atomic E-state index is -5.02. The van der Waals surface area contributed by atoms with Crippen molar-refractivity contribution < 1.29 is 40.4 Å². The molecule has 0 spiro atoms. The quantitative estimate of drug-likeness (QED) is 0.268. The molecular weight excluding hydrogens is 566 g/mol. The topological polar surface area (TPSA) is 81.4 Å². The van der Waals surface area contributed by atoms with Crippen LogP contribution in [0.3, 0.4) is 0 Å². The van der Waals surface area contributed by atoms with Gasteiger partial charge in [0.15, 0.2) is 0 Å². The van der Waals surface area contributed by atoms with Gasteiger partial charge in [0.1, 0.15) is 11.9 Å². The molecule has 0 radical (unpaired) electrons. The summed E-state index contributed by atoms with van der Waals surface area (Å²) >= 11 is 0. The highest BCUT2D eigenvalue weighted by molar-refractivity contribution is 5.71. The number of halogens is 6. The maximum atomic E-state index is 13.5. The van der Waals surface area contributed by atoms with Gasteiger partial charge in [-0.1, -0.05) is 37.3 Å². The summed E-state index contributed by atoms with van der Waals surface area (Å²) in [6.07, 6.45) is -4.55. The zero-order chi connectivity index (χ0) is 30.4. The number of ether oxygens (including phenoxy) is 1. The fourth-order valence-electron chi connectivity index (χ4n) is 5.85. The Morgan fingerprint density at radius 1 is 0.952 bits per heavy atom. The second-order valence-corrected chi connectivity index (χ2v) is 11.1. The SMILES string of the molecule is Cc1noc(C)c1-c1cnc(CC2CCCCC2)c(CN2C(=O)OC(c3cc(C(F)(F)F)cc(C(F)(F)F)c3)[C@@H]2C)n1. The van der Waals surface area contributed by atoms with E-state index >= 15 is 0 Å². The van der Waals surface area contributed by atoms with Crippen LogP contribution in [0.1, 0.15) is 84.7 Å². The molecule has 3 aromatic rings. The average Bonchev–Trinajstić information content (AvgIpc) is 3.41. The summed E-state index contributed by atoms with van der Waals surface area (Å²) < 4.78 is 91.6. The summed E-state index contributed by atoms with van der Waals surface area (Å²) in [5.41, 5.74) is -0.430. The number of cyclic esters (lactones) is 1. The standard InChI is InChI=1S/C29H30F6N4O3/c1-15-25(17(3)42-38-15)23-13-36-22(9-18-7-5-4-6-8-18)24(37-23)14-39-16(2)26(41-27(39)40)19-10-20(28(30,31)32)12-21(11-19)29(33,34)35/h10-13,16,18,26H,4-9,14H2,1-3H3/t16-,26?/m0/s1. The lowest BCUT2D eigenvalue weighted by Crippen LogP contribution is -2.32. The maximum Gasteiger partial charge on any atom is 0.416 e. The first-order chi connectivity index (χ1) is 19.7. The van der Waals surface area contributed by atoms with E-state index in [1.54, 1.807) is 20.0 Å². The van der Waals surface area contributed by atoms with Gasteiger partial charge in [0, 0.05) is 0 Å². The van der Waals surface area contributed by atoms with Crippen molar-refractivity contribution in [1.29, 1.82) is 0 Å². The smallest absolute Gasteiger partial charge is 0.416 e. The predicted molar refractivity (Wildman–Crippen MR) is 138 cm³/mol. The number of nitrogens with zero attached hydrogens (tertiary/aromatic N) is 4.